The number of carbonyl (C=O) groups excluding carboxylic acids is 1. The van der Waals surface area contributed by atoms with Gasteiger partial charge in [0, 0.05) is 10.1 Å². The molecule has 1 aromatic heterocycles. The van der Waals surface area contributed by atoms with Gasteiger partial charge in [-0.2, -0.15) is 0 Å². The third kappa shape index (κ3) is 1.95. The van der Waals surface area contributed by atoms with Gasteiger partial charge in [0.2, 0.25) is 5.91 Å². The molecule has 2 atom stereocenters. The summed E-state index contributed by atoms with van der Waals surface area (Å²) >= 11 is 3.35. The molecule has 2 aliphatic rings. The number of fused-ring (bicyclic) bond motifs is 1. The number of thiophene rings is 1. The molecule has 4 nitrogen and oxygen atoms in total. The van der Waals surface area contributed by atoms with E-state index in [-0.39, 0.29) is 22.2 Å². The number of carboxylic acid groups (broad SMARTS) is 1. The van der Waals surface area contributed by atoms with E-state index in [1.54, 1.807) is 29.2 Å². The maximum atomic E-state index is 11.4. The minimum atomic E-state index is -1.01. The van der Waals surface area contributed by atoms with Crippen molar-refractivity contribution in [1.29, 1.82) is 0 Å². The minimum Gasteiger partial charge on any atom is -0.477 e. The molecule has 2 aliphatic heterocycles. The van der Waals surface area contributed by atoms with Crippen LogP contribution < -0.4 is 0 Å². The lowest BCUT2D eigenvalue weighted by molar-refractivity contribution is -0.146. The smallest absolute Gasteiger partial charge is 0.352 e. The van der Waals surface area contributed by atoms with Gasteiger partial charge in [0.1, 0.15) is 5.70 Å². The molecule has 3 heterocycles. The van der Waals surface area contributed by atoms with Crippen LogP contribution in [0.2, 0.25) is 0 Å². The fraction of sp³-hybridized carbons (Fsp3) is 0.333. The number of carboxylic acids is 1. The van der Waals surface area contributed by atoms with Crippen molar-refractivity contribution in [3.63, 3.8) is 0 Å². The molecular formula is C12H11NO3S2. The number of carbonyl (C=O) groups is 2. The fourth-order valence-electron chi connectivity index (χ4n) is 2.19. The van der Waals surface area contributed by atoms with Gasteiger partial charge in [0.05, 0.1) is 11.8 Å². The largest absolute Gasteiger partial charge is 0.477 e. The molecule has 6 heteroatoms. The lowest BCUT2D eigenvalue weighted by Crippen LogP contribution is -2.54. The Hall–Kier alpha value is -1.27. The highest BCUT2D eigenvalue weighted by Gasteiger charge is 2.45. The zero-order valence-electron chi connectivity index (χ0n) is 9.41. The van der Waals surface area contributed by atoms with Gasteiger partial charge in [-0.3, -0.25) is 9.69 Å². The van der Waals surface area contributed by atoms with Crippen LogP contribution in [0.1, 0.15) is 11.3 Å². The first-order valence-electron chi connectivity index (χ1n) is 5.60. The Morgan fingerprint density at radius 3 is 3.00 bits per heavy atom. The summed E-state index contributed by atoms with van der Waals surface area (Å²) in [5.41, 5.74) is 0.150. The van der Waals surface area contributed by atoms with Gasteiger partial charge in [0.25, 0.3) is 0 Å². The first kappa shape index (κ1) is 11.8. The Bertz CT molecular complexity index is 523. The fourth-order valence-corrected chi connectivity index (χ4v) is 4.54. The van der Waals surface area contributed by atoms with Crippen LogP contribution in [0.25, 0.3) is 0 Å². The Kier molecular flexibility index (Phi) is 2.91. The third-order valence-electron chi connectivity index (χ3n) is 3.04. The monoisotopic (exact) mass is 281 g/mol. The molecule has 3 rings (SSSR count). The average Bonchev–Trinajstić information content (AvgIpc) is 2.79. The maximum absolute atomic E-state index is 11.4. The maximum Gasteiger partial charge on any atom is 0.352 e. The second-order valence-corrected chi connectivity index (χ2v) is 6.69. The quantitative estimate of drug-likeness (QED) is 0.860. The van der Waals surface area contributed by atoms with Crippen molar-refractivity contribution in [2.75, 3.05) is 0 Å². The highest BCUT2D eigenvalue weighted by Crippen LogP contribution is 2.41. The molecule has 0 saturated carbocycles. The molecule has 1 unspecified atom stereocenters. The number of amides is 1. The molecule has 0 radical (unpaired) electrons. The van der Waals surface area contributed by atoms with Crippen LogP contribution in [0.4, 0.5) is 0 Å². The summed E-state index contributed by atoms with van der Waals surface area (Å²) in [6.45, 7) is 0. The molecule has 1 N–H and O–H groups in total. The Morgan fingerprint density at radius 1 is 1.56 bits per heavy atom. The number of hydrogen-bond acceptors (Lipinski definition) is 4. The summed E-state index contributed by atoms with van der Waals surface area (Å²) in [5, 5.41) is 11.3. The van der Waals surface area contributed by atoms with E-state index in [2.05, 4.69) is 6.07 Å². The van der Waals surface area contributed by atoms with Crippen molar-refractivity contribution < 1.29 is 14.7 Å². The summed E-state index contributed by atoms with van der Waals surface area (Å²) in [4.78, 5) is 25.2. The molecule has 0 aliphatic carbocycles. The van der Waals surface area contributed by atoms with Crippen molar-refractivity contribution in [3.8, 4) is 0 Å². The predicted molar refractivity (Wildman–Crippen MR) is 70.4 cm³/mol. The third-order valence-corrected chi connectivity index (χ3v) is 5.29. The summed E-state index contributed by atoms with van der Waals surface area (Å²) in [6.07, 6.45) is 2.99. The van der Waals surface area contributed by atoms with Crippen LogP contribution in [0.15, 0.2) is 29.3 Å². The summed E-state index contributed by atoms with van der Waals surface area (Å²) in [7, 11) is 0. The lowest BCUT2D eigenvalue weighted by Gasteiger charge is -2.44. The second kappa shape index (κ2) is 4.44. The first-order chi connectivity index (χ1) is 8.65. The summed E-state index contributed by atoms with van der Waals surface area (Å²) in [5.74, 6) is -1.10. The van der Waals surface area contributed by atoms with E-state index in [4.69, 9.17) is 5.11 Å². The van der Waals surface area contributed by atoms with Crippen LogP contribution in [0, 0.1) is 0 Å². The average molecular weight is 281 g/mol. The molecular weight excluding hydrogens is 270 g/mol. The molecule has 1 aromatic rings. The standard InChI is InChI=1S/C12H11NO3S2/c14-10-6-11-13(10)9(12(15)16)5-8(18-11)4-7-2-1-3-17-7/h1-3,5,8,11H,4,6H2,(H,15,16)/t8?,11-/m1/s1. The van der Waals surface area contributed by atoms with Crippen LogP contribution in [-0.2, 0) is 16.0 Å². The van der Waals surface area contributed by atoms with Crippen LogP contribution in [-0.4, -0.2) is 32.5 Å². The minimum absolute atomic E-state index is 0.0126. The Labute approximate surface area is 112 Å². The van der Waals surface area contributed by atoms with Gasteiger partial charge in [-0.25, -0.2) is 4.79 Å². The van der Waals surface area contributed by atoms with Gasteiger partial charge in [-0.15, -0.1) is 23.1 Å². The van der Waals surface area contributed by atoms with Crippen molar-refractivity contribution >= 4 is 35.0 Å². The number of aliphatic carboxylic acids is 1. The molecule has 18 heavy (non-hydrogen) atoms. The van der Waals surface area contributed by atoms with Gasteiger partial charge in [0.15, 0.2) is 0 Å². The van der Waals surface area contributed by atoms with E-state index in [1.807, 2.05) is 11.4 Å². The van der Waals surface area contributed by atoms with Crippen molar-refractivity contribution in [2.24, 2.45) is 0 Å². The second-order valence-electron chi connectivity index (χ2n) is 4.24. The number of β-lactam (4-membered cyclic amide) rings is 1. The number of nitrogens with zero attached hydrogens (tertiary/aromatic N) is 1. The van der Waals surface area contributed by atoms with E-state index in [0.717, 1.165) is 6.42 Å². The van der Waals surface area contributed by atoms with Gasteiger partial charge in [-0.1, -0.05) is 6.07 Å². The number of thioether (sulfide) groups is 1. The molecule has 1 amide bonds. The Balaban J connectivity index is 1.82. The predicted octanol–water partition coefficient (Wildman–Crippen LogP) is 1.93. The van der Waals surface area contributed by atoms with E-state index in [9.17, 15) is 9.59 Å². The number of hydrogen-bond donors (Lipinski definition) is 1. The van der Waals surface area contributed by atoms with Crippen molar-refractivity contribution in [3.05, 3.63) is 34.2 Å². The van der Waals surface area contributed by atoms with E-state index >= 15 is 0 Å². The van der Waals surface area contributed by atoms with Crippen molar-refractivity contribution in [2.45, 2.75) is 23.5 Å². The number of rotatable bonds is 3. The molecule has 0 aromatic carbocycles. The Morgan fingerprint density at radius 2 is 2.39 bits per heavy atom. The lowest BCUT2D eigenvalue weighted by atomic mass is 10.1. The molecule has 1 fully saturated rings. The van der Waals surface area contributed by atoms with E-state index in [1.165, 1.54) is 9.78 Å². The summed E-state index contributed by atoms with van der Waals surface area (Å²) in [6, 6.07) is 4.05. The topological polar surface area (TPSA) is 57.6 Å². The summed E-state index contributed by atoms with van der Waals surface area (Å²) < 4.78 is 0. The van der Waals surface area contributed by atoms with E-state index < -0.39 is 5.97 Å². The van der Waals surface area contributed by atoms with Gasteiger partial charge >= 0.3 is 5.97 Å². The molecule has 0 bridgehead atoms. The van der Waals surface area contributed by atoms with Gasteiger partial charge < -0.3 is 5.11 Å². The highest BCUT2D eigenvalue weighted by atomic mass is 32.2. The SMILES string of the molecule is O=C(O)C1=CC(Cc2cccs2)S[C@@H]2CC(=O)N12. The van der Waals surface area contributed by atoms with Gasteiger partial charge in [-0.05, 0) is 23.9 Å². The van der Waals surface area contributed by atoms with Crippen molar-refractivity contribution in [1.82, 2.24) is 4.90 Å². The van der Waals surface area contributed by atoms with E-state index in [0.29, 0.717) is 6.42 Å². The first-order valence-corrected chi connectivity index (χ1v) is 7.42. The molecule has 0 spiro atoms. The zero-order chi connectivity index (χ0) is 12.7. The van der Waals surface area contributed by atoms with Crippen LogP contribution in [0.5, 0.6) is 0 Å². The van der Waals surface area contributed by atoms with Crippen LogP contribution >= 0.6 is 23.1 Å². The molecule has 1 saturated heterocycles. The highest BCUT2D eigenvalue weighted by molar-refractivity contribution is 8.00. The molecule has 94 valence electrons. The van der Waals surface area contributed by atoms with Crippen LogP contribution in [0.3, 0.4) is 0 Å². The normalized spacial score (nSPS) is 26.3. The zero-order valence-corrected chi connectivity index (χ0v) is 11.0.